The Morgan fingerprint density at radius 3 is 2.18 bits per heavy atom. The number of nitrogens with one attached hydrogen (secondary N) is 2. The lowest BCUT2D eigenvalue weighted by Gasteiger charge is -2.28. The molecule has 0 spiro atoms. The minimum atomic E-state index is 0.779. The van der Waals surface area contributed by atoms with Crippen molar-refractivity contribution in [2.45, 2.75) is 27.7 Å². The minimum Gasteiger partial charge on any atom is -0.315 e. The highest BCUT2D eigenvalue weighted by Crippen LogP contribution is 2.19. The van der Waals surface area contributed by atoms with Gasteiger partial charge in [0.2, 0.25) is 0 Å². The van der Waals surface area contributed by atoms with Gasteiger partial charge >= 0.3 is 0 Å². The molecule has 3 heteroatoms. The van der Waals surface area contributed by atoms with Crippen LogP contribution in [0.25, 0.3) is 0 Å². The molecule has 1 aliphatic heterocycles. The van der Waals surface area contributed by atoms with Crippen LogP contribution < -0.4 is 10.6 Å². The summed E-state index contributed by atoms with van der Waals surface area (Å²) in [5.74, 6) is 2.36. The predicted molar refractivity (Wildman–Crippen MR) is 75.3 cm³/mol. The van der Waals surface area contributed by atoms with Crippen LogP contribution in [0, 0.1) is 17.8 Å². The molecule has 1 saturated heterocycles. The molecule has 0 saturated carbocycles. The first-order chi connectivity index (χ1) is 8.11. The SMILES string of the molecule is CC(C)C(CNCCN1CCNCC1)C(C)C. The van der Waals surface area contributed by atoms with Crippen LogP contribution in [0.2, 0.25) is 0 Å². The highest BCUT2D eigenvalue weighted by Gasteiger charge is 2.16. The van der Waals surface area contributed by atoms with Crippen molar-refractivity contribution < 1.29 is 0 Å². The van der Waals surface area contributed by atoms with E-state index in [0.29, 0.717) is 0 Å². The summed E-state index contributed by atoms with van der Waals surface area (Å²) in [5, 5.41) is 7.02. The lowest BCUT2D eigenvalue weighted by molar-refractivity contribution is 0.230. The average Bonchev–Trinajstić information content (AvgIpc) is 2.29. The summed E-state index contributed by atoms with van der Waals surface area (Å²) in [6, 6.07) is 0. The van der Waals surface area contributed by atoms with Crippen LogP contribution in [-0.4, -0.2) is 50.7 Å². The van der Waals surface area contributed by atoms with Crippen molar-refractivity contribution in [3.8, 4) is 0 Å². The van der Waals surface area contributed by atoms with Gasteiger partial charge in [-0.15, -0.1) is 0 Å². The molecule has 102 valence electrons. The summed E-state index contributed by atoms with van der Waals surface area (Å²) in [6.45, 7) is 17.6. The zero-order chi connectivity index (χ0) is 12.7. The fourth-order valence-electron chi connectivity index (χ4n) is 2.68. The van der Waals surface area contributed by atoms with Crippen molar-refractivity contribution in [2.24, 2.45) is 17.8 Å². The van der Waals surface area contributed by atoms with Crippen LogP contribution in [0.4, 0.5) is 0 Å². The van der Waals surface area contributed by atoms with Gasteiger partial charge in [0, 0.05) is 39.3 Å². The third-order valence-electron chi connectivity index (χ3n) is 3.91. The Kier molecular flexibility index (Phi) is 7.09. The van der Waals surface area contributed by atoms with E-state index in [-0.39, 0.29) is 0 Å². The molecule has 0 amide bonds. The molecule has 1 aliphatic rings. The largest absolute Gasteiger partial charge is 0.315 e. The number of nitrogens with zero attached hydrogens (tertiary/aromatic N) is 1. The Bertz CT molecular complexity index is 178. The van der Waals surface area contributed by atoms with Crippen molar-refractivity contribution in [2.75, 3.05) is 45.8 Å². The molecule has 0 bridgehead atoms. The highest BCUT2D eigenvalue weighted by molar-refractivity contribution is 4.71. The highest BCUT2D eigenvalue weighted by atomic mass is 15.2. The predicted octanol–water partition coefficient (Wildman–Crippen LogP) is 1.41. The molecule has 1 fully saturated rings. The van der Waals surface area contributed by atoms with Crippen LogP contribution >= 0.6 is 0 Å². The summed E-state index contributed by atoms with van der Waals surface area (Å²) in [4.78, 5) is 2.54. The number of piperazine rings is 1. The van der Waals surface area contributed by atoms with Gasteiger partial charge in [0.25, 0.3) is 0 Å². The van der Waals surface area contributed by atoms with Gasteiger partial charge in [0.1, 0.15) is 0 Å². The topological polar surface area (TPSA) is 27.3 Å². The first-order valence-electron chi connectivity index (χ1n) is 7.25. The van der Waals surface area contributed by atoms with Gasteiger partial charge in [0.15, 0.2) is 0 Å². The van der Waals surface area contributed by atoms with Gasteiger partial charge in [0.05, 0.1) is 0 Å². The minimum absolute atomic E-state index is 0.779. The molecule has 0 radical (unpaired) electrons. The lowest BCUT2D eigenvalue weighted by atomic mass is 9.85. The third kappa shape index (κ3) is 5.84. The molecule has 17 heavy (non-hydrogen) atoms. The van der Waals surface area contributed by atoms with Gasteiger partial charge in [-0.05, 0) is 24.3 Å². The molecular formula is C14H31N3. The number of hydrogen-bond acceptors (Lipinski definition) is 3. The maximum Gasteiger partial charge on any atom is 0.0108 e. The van der Waals surface area contributed by atoms with E-state index in [9.17, 15) is 0 Å². The summed E-state index contributed by atoms with van der Waals surface area (Å²) >= 11 is 0. The molecule has 0 aliphatic carbocycles. The summed E-state index contributed by atoms with van der Waals surface area (Å²) < 4.78 is 0. The molecule has 3 nitrogen and oxygen atoms in total. The van der Waals surface area contributed by atoms with E-state index in [1.165, 1.54) is 26.2 Å². The zero-order valence-electron chi connectivity index (χ0n) is 12.1. The number of rotatable bonds is 7. The smallest absolute Gasteiger partial charge is 0.0108 e. The van der Waals surface area contributed by atoms with E-state index >= 15 is 0 Å². The molecular weight excluding hydrogens is 210 g/mol. The molecule has 0 aromatic rings. The van der Waals surface area contributed by atoms with Gasteiger partial charge in [-0.3, -0.25) is 4.90 Å². The fourth-order valence-corrected chi connectivity index (χ4v) is 2.68. The van der Waals surface area contributed by atoms with Crippen molar-refractivity contribution in [1.29, 1.82) is 0 Å². The average molecular weight is 241 g/mol. The standard InChI is InChI=1S/C14H31N3/c1-12(2)14(13(3)4)11-16-7-10-17-8-5-15-6-9-17/h12-16H,5-11H2,1-4H3. The second-order valence-corrected chi connectivity index (χ2v) is 5.95. The Hall–Kier alpha value is -0.120. The van der Waals surface area contributed by atoms with Crippen LogP contribution in [0.3, 0.4) is 0 Å². The van der Waals surface area contributed by atoms with Gasteiger partial charge in [-0.2, -0.15) is 0 Å². The third-order valence-corrected chi connectivity index (χ3v) is 3.91. The molecule has 0 unspecified atom stereocenters. The van der Waals surface area contributed by atoms with E-state index in [0.717, 1.165) is 37.4 Å². The maximum atomic E-state index is 3.63. The lowest BCUT2D eigenvalue weighted by Crippen LogP contribution is -2.46. The van der Waals surface area contributed by atoms with E-state index in [1.807, 2.05) is 0 Å². The normalized spacial score (nSPS) is 18.5. The summed E-state index contributed by atoms with van der Waals surface area (Å²) in [7, 11) is 0. The molecule has 1 heterocycles. The van der Waals surface area contributed by atoms with Crippen LogP contribution in [0.15, 0.2) is 0 Å². The summed E-state index contributed by atoms with van der Waals surface area (Å²) in [5.41, 5.74) is 0. The van der Waals surface area contributed by atoms with Crippen LogP contribution in [0.1, 0.15) is 27.7 Å². The quantitative estimate of drug-likeness (QED) is 0.660. The molecule has 0 aromatic carbocycles. The Balaban J connectivity index is 2.09. The van der Waals surface area contributed by atoms with Crippen molar-refractivity contribution >= 4 is 0 Å². The Labute approximate surface area is 107 Å². The maximum absolute atomic E-state index is 3.63. The van der Waals surface area contributed by atoms with Crippen molar-refractivity contribution in [1.82, 2.24) is 15.5 Å². The Morgan fingerprint density at radius 2 is 1.65 bits per heavy atom. The molecule has 1 rings (SSSR count). The first-order valence-corrected chi connectivity index (χ1v) is 7.25. The van der Waals surface area contributed by atoms with Crippen molar-refractivity contribution in [3.05, 3.63) is 0 Å². The van der Waals surface area contributed by atoms with E-state index in [4.69, 9.17) is 0 Å². The molecule has 0 aromatic heterocycles. The Morgan fingerprint density at radius 1 is 1.06 bits per heavy atom. The molecule has 0 atom stereocenters. The first kappa shape index (κ1) is 14.9. The van der Waals surface area contributed by atoms with Gasteiger partial charge in [-0.25, -0.2) is 0 Å². The van der Waals surface area contributed by atoms with E-state index < -0.39 is 0 Å². The van der Waals surface area contributed by atoms with E-state index in [1.54, 1.807) is 0 Å². The molecule has 2 N–H and O–H groups in total. The van der Waals surface area contributed by atoms with Crippen LogP contribution in [0.5, 0.6) is 0 Å². The summed E-state index contributed by atoms with van der Waals surface area (Å²) in [6.07, 6.45) is 0. The van der Waals surface area contributed by atoms with Crippen LogP contribution in [-0.2, 0) is 0 Å². The van der Waals surface area contributed by atoms with E-state index in [2.05, 4.69) is 43.2 Å². The van der Waals surface area contributed by atoms with Crippen molar-refractivity contribution in [3.63, 3.8) is 0 Å². The van der Waals surface area contributed by atoms with Gasteiger partial charge in [-0.1, -0.05) is 27.7 Å². The zero-order valence-corrected chi connectivity index (χ0v) is 12.1. The second kappa shape index (κ2) is 8.06. The number of hydrogen-bond donors (Lipinski definition) is 2. The second-order valence-electron chi connectivity index (χ2n) is 5.95. The monoisotopic (exact) mass is 241 g/mol. The van der Waals surface area contributed by atoms with Gasteiger partial charge < -0.3 is 10.6 Å². The fraction of sp³-hybridized carbons (Fsp3) is 1.00.